The van der Waals surface area contributed by atoms with Gasteiger partial charge in [0.05, 0.1) is 38.1 Å². The zero-order chi connectivity index (χ0) is 61.1. The highest BCUT2D eigenvalue weighted by atomic mass is 16.8. The monoisotopic (exact) mass is 1180 g/mol. The van der Waals surface area contributed by atoms with Crippen LogP contribution in [0.3, 0.4) is 0 Å². The van der Waals surface area contributed by atoms with E-state index in [0.29, 0.717) is 0 Å². The van der Waals surface area contributed by atoms with Crippen molar-refractivity contribution >= 4 is 53.7 Å². The Hall–Kier alpha value is -6.19. The predicted molar refractivity (Wildman–Crippen MR) is 265 cm³/mol. The molecule has 19 unspecified atom stereocenters. The number of hydrogen-bond acceptors (Lipinski definition) is 30. The molecule has 1 aromatic rings. The molecule has 30 nitrogen and oxygen atoms in total. The number of aryl methyl sites for hydroxylation is 1. The maximum atomic E-state index is 14.3. The maximum absolute atomic E-state index is 14.3. The maximum Gasteiger partial charge on any atom is 0.366 e. The molecule has 5 N–H and O–H groups in total. The molecule has 0 spiro atoms. The first-order valence-corrected chi connectivity index (χ1v) is 26.0. The van der Waals surface area contributed by atoms with E-state index in [1.165, 1.54) is 6.92 Å². The van der Waals surface area contributed by atoms with Crippen LogP contribution in [0, 0.1) is 12.8 Å². The zero-order valence-corrected chi connectivity index (χ0v) is 47.2. The number of rotatable bonds is 22. The number of carbonyl (C=O) groups is 9. The highest BCUT2D eigenvalue weighted by Crippen LogP contribution is 2.42. The SMILES string of the molecule is COC(=O)C1(OC2C(OC(C)=O)C(COC(C)=O)OC(OC3C(COC(C)=O)OC(Oc4ccc(C)cc4)C(C)C3OC3OC(C)C(OC(C)=O)C(OC(C)=O)C3OC(C)=O)C2OC(C)=O)CC(O)C(N)C([C@H](O)[C@@H](CO)OC(C)=O)O1. The number of ether oxygens (including phenoxy) is 17. The molecule has 0 aliphatic carbocycles. The summed E-state index contributed by atoms with van der Waals surface area (Å²) in [6.07, 6.45) is -32.7. The van der Waals surface area contributed by atoms with E-state index in [1.54, 1.807) is 31.2 Å². The Balaban J connectivity index is 1.75. The van der Waals surface area contributed by atoms with Gasteiger partial charge < -0.3 is 102 Å². The molecule has 0 radical (unpaired) electrons. The van der Waals surface area contributed by atoms with Gasteiger partial charge >= 0.3 is 53.7 Å². The van der Waals surface area contributed by atoms with Gasteiger partial charge in [0, 0.05) is 67.7 Å². The van der Waals surface area contributed by atoms with Gasteiger partial charge in [0.2, 0.25) is 6.29 Å². The fourth-order valence-corrected chi connectivity index (χ4v) is 9.67. The number of carbonyl (C=O) groups excluding carboxylic acids is 9. The van der Waals surface area contributed by atoms with E-state index >= 15 is 0 Å². The van der Waals surface area contributed by atoms with Crippen LogP contribution in [-0.2, 0) is 119 Å². The van der Waals surface area contributed by atoms with Crippen molar-refractivity contribution in [3.63, 3.8) is 0 Å². The van der Waals surface area contributed by atoms with Gasteiger partial charge in [-0.05, 0) is 26.0 Å². The van der Waals surface area contributed by atoms with Crippen molar-refractivity contribution in [1.29, 1.82) is 0 Å². The first kappa shape index (κ1) is 66.6. The van der Waals surface area contributed by atoms with E-state index in [4.69, 9.17) is 86.3 Å². The lowest BCUT2D eigenvalue weighted by atomic mass is 9.88. The second-order valence-corrected chi connectivity index (χ2v) is 19.8. The van der Waals surface area contributed by atoms with Gasteiger partial charge in [-0.1, -0.05) is 24.6 Å². The normalized spacial score (nSPS) is 34.3. The topological polar surface area (TPSA) is 397 Å². The molecule has 82 heavy (non-hydrogen) atoms. The number of hydrogen-bond donors (Lipinski definition) is 4. The van der Waals surface area contributed by atoms with E-state index in [0.717, 1.165) is 68.1 Å². The molecular weight excluding hydrogens is 1100 g/mol. The van der Waals surface area contributed by atoms with Gasteiger partial charge in [0.1, 0.15) is 55.6 Å². The van der Waals surface area contributed by atoms with E-state index in [9.17, 15) is 58.5 Å². The standard InChI is InChI=1S/C52H73NO29/c1-21-13-15-32(16-14-21)76-48-22(2)39(79-49-46(74-30(10)61)44(73-29(9)60)40(23(3)69-49)71-27(7)58)41(35(77-48)19-67-24(4)55)80-50-47(75-31(11)62)45(42(72-28(8)59)36(78-50)20-68-25(5)56)82-52(51(65)66-12)17-33(63)37(53)43(81-52)38(64)34(18-54)70-26(6)57/h13-16,22-23,33-50,54,63-64H,17-20,53H2,1-12H3/t22?,23?,33?,34-,35?,36?,37?,38-,39?,40?,41?,42?,43?,44?,45?,46?,47?,48?,49?,50?,52?/m1/s1. The van der Waals surface area contributed by atoms with Crippen molar-refractivity contribution < 1.29 is 139 Å². The summed E-state index contributed by atoms with van der Waals surface area (Å²) >= 11 is 0. The Bertz CT molecular complexity index is 2410. The highest BCUT2D eigenvalue weighted by Gasteiger charge is 2.63. The minimum atomic E-state index is -2.99. The second kappa shape index (κ2) is 29.4. The Morgan fingerprint density at radius 1 is 0.622 bits per heavy atom. The van der Waals surface area contributed by atoms with Crippen LogP contribution in [0.15, 0.2) is 24.3 Å². The number of nitrogens with two attached hydrogens (primary N) is 1. The molecule has 1 aromatic carbocycles. The Labute approximate surface area is 470 Å². The molecule has 21 atom stereocenters. The summed E-state index contributed by atoms with van der Waals surface area (Å²) in [4.78, 5) is 116. The molecule has 30 heteroatoms. The summed E-state index contributed by atoms with van der Waals surface area (Å²) in [5.41, 5.74) is 7.18. The molecule has 0 amide bonds. The third-order valence-electron chi connectivity index (χ3n) is 13.2. The summed E-state index contributed by atoms with van der Waals surface area (Å²) in [6.45, 7) is 10.4. The number of aliphatic hydroxyl groups excluding tert-OH is 3. The lowest BCUT2D eigenvalue weighted by Gasteiger charge is -2.52. The van der Waals surface area contributed by atoms with Crippen LogP contribution in [0.5, 0.6) is 5.75 Å². The quantitative estimate of drug-likeness (QED) is 0.0780. The fraction of sp³-hybridized carbons (Fsp3) is 0.712. The van der Waals surface area contributed by atoms with E-state index in [-0.39, 0.29) is 5.75 Å². The number of aliphatic hydroxyl groups is 3. The third-order valence-corrected chi connectivity index (χ3v) is 13.2. The van der Waals surface area contributed by atoms with Crippen LogP contribution in [0.2, 0.25) is 0 Å². The largest absolute Gasteiger partial charge is 0.465 e. The Kier molecular flexibility index (Phi) is 23.9. The van der Waals surface area contributed by atoms with Gasteiger partial charge in [-0.2, -0.15) is 0 Å². The highest BCUT2D eigenvalue weighted by molar-refractivity contribution is 5.78. The summed E-state index contributed by atoms with van der Waals surface area (Å²) in [7, 11) is 0.877. The van der Waals surface area contributed by atoms with Crippen molar-refractivity contribution in [3.8, 4) is 5.75 Å². The molecule has 460 valence electrons. The average Bonchev–Trinajstić information content (AvgIpc) is 3.26. The van der Waals surface area contributed by atoms with Crippen LogP contribution < -0.4 is 10.5 Å². The number of esters is 9. The van der Waals surface area contributed by atoms with Crippen LogP contribution in [0.1, 0.15) is 81.2 Å². The van der Waals surface area contributed by atoms with Crippen LogP contribution >= 0.6 is 0 Å². The van der Waals surface area contributed by atoms with E-state index in [2.05, 4.69) is 0 Å². The number of methoxy groups -OCH3 is 1. The first-order valence-electron chi connectivity index (χ1n) is 26.0. The minimum Gasteiger partial charge on any atom is -0.465 e. The van der Waals surface area contributed by atoms with Gasteiger partial charge in [-0.15, -0.1) is 0 Å². The molecule has 4 saturated heterocycles. The molecule has 5 rings (SSSR count). The van der Waals surface area contributed by atoms with Crippen molar-refractivity contribution in [2.75, 3.05) is 26.9 Å². The van der Waals surface area contributed by atoms with E-state index < -0.39 is 208 Å². The van der Waals surface area contributed by atoms with Crippen molar-refractivity contribution in [3.05, 3.63) is 29.8 Å². The summed E-state index contributed by atoms with van der Waals surface area (Å²) in [5, 5.41) is 33.2. The average molecular weight is 1180 g/mol. The molecule has 0 aromatic heterocycles. The lowest BCUT2D eigenvalue weighted by Crippen LogP contribution is -2.71. The van der Waals surface area contributed by atoms with Crippen LogP contribution in [0.4, 0.5) is 0 Å². The molecule has 4 fully saturated rings. The summed E-state index contributed by atoms with van der Waals surface area (Å²) in [5.74, 6) is -12.8. The molecule has 0 saturated carbocycles. The Morgan fingerprint density at radius 3 is 1.61 bits per heavy atom. The summed E-state index contributed by atoms with van der Waals surface area (Å²) in [6, 6.07) is 5.13. The molecule has 0 bridgehead atoms. The van der Waals surface area contributed by atoms with Crippen molar-refractivity contribution in [1.82, 2.24) is 0 Å². The fourth-order valence-electron chi connectivity index (χ4n) is 9.67. The second-order valence-electron chi connectivity index (χ2n) is 19.8. The minimum absolute atomic E-state index is 0.269. The number of benzene rings is 1. The molecule has 4 aliphatic rings. The van der Waals surface area contributed by atoms with Gasteiger partial charge in [-0.3, -0.25) is 38.4 Å². The van der Waals surface area contributed by atoms with Crippen LogP contribution in [-0.4, -0.2) is 218 Å². The lowest BCUT2D eigenvalue weighted by molar-refractivity contribution is -0.391. The first-order chi connectivity index (χ1) is 38.5. The zero-order valence-electron chi connectivity index (χ0n) is 47.2. The van der Waals surface area contributed by atoms with Gasteiger partial charge in [0.15, 0.2) is 49.2 Å². The smallest absolute Gasteiger partial charge is 0.366 e. The summed E-state index contributed by atoms with van der Waals surface area (Å²) < 4.78 is 101. The van der Waals surface area contributed by atoms with Gasteiger partial charge in [0.25, 0.3) is 5.79 Å². The molecular formula is C52H73NO29. The predicted octanol–water partition coefficient (Wildman–Crippen LogP) is -1.22. The third kappa shape index (κ3) is 17.2. The molecule has 4 heterocycles. The van der Waals surface area contributed by atoms with Crippen molar-refractivity contribution in [2.45, 2.75) is 205 Å². The Morgan fingerprint density at radius 2 is 1.10 bits per heavy atom. The van der Waals surface area contributed by atoms with Gasteiger partial charge in [-0.25, -0.2) is 4.79 Å². The van der Waals surface area contributed by atoms with Crippen molar-refractivity contribution in [2.24, 2.45) is 11.7 Å². The van der Waals surface area contributed by atoms with Crippen LogP contribution in [0.25, 0.3) is 0 Å². The molecule has 4 aliphatic heterocycles. The van der Waals surface area contributed by atoms with E-state index in [1.807, 2.05) is 6.92 Å².